The van der Waals surface area contributed by atoms with Gasteiger partial charge in [-0.05, 0) is 48.7 Å². The predicted molar refractivity (Wildman–Crippen MR) is 125 cm³/mol. The monoisotopic (exact) mass is 490 g/mol. The Bertz CT molecular complexity index is 1060. The lowest BCUT2D eigenvalue weighted by Crippen LogP contribution is -2.22. The number of ether oxygens (including phenoxy) is 2. The zero-order chi connectivity index (χ0) is 25.8. The van der Waals surface area contributed by atoms with Gasteiger partial charge in [0.2, 0.25) is 0 Å². The number of amides is 2. The van der Waals surface area contributed by atoms with Crippen molar-refractivity contribution in [1.82, 2.24) is 5.48 Å². The number of aliphatic hydroxyl groups is 1. The summed E-state index contributed by atoms with van der Waals surface area (Å²) >= 11 is 0. The number of hydrogen-bond acceptors (Lipinski definition) is 6. The molecule has 0 heterocycles. The number of anilines is 1. The summed E-state index contributed by atoms with van der Waals surface area (Å²) in [7, 11) is 0. The highest BCUT2D eigenvalue weighted by molar-refractivity contribution is 5.87. The number of halogens is 2. The molecule has 0 saturated carbocycles. The number of carbonyl (C=O) groups excluding carboxylic acids is 2. The number of benzene rings is 2. The van der Waals surface area contributed by atoms with E-state index in [4.69, 9.17) is 19.8 Å². The molecule has 10 heteroatoms. The van der Waals surface area contributed by atoms with E-state index in [-0.39, 0.29) is 24.8 Å². The number of carbonyl (C=O) groups is 2. The Balaban J connectivity index is 2.18. The van der Waals surface area contributed by atoms with Crippen molar-refractivity contribution in [2.45, 2.75) is 26.4 Å². The van der Waals surface area contributed by atoms with E-state index in [1.54, 1.807) is 43.3 Å². The molecule has 0 aliphatic rings. The van der Waals surface area contributed by atoms with E-state index in [2.05, 4.69) is 5.32 Å². The quantitative estimate of drug-likeness (QED) is 0.158. The molecule has 188 valence electrons. The van der Waals surface area contributed by atoms with Crippen LogP contribution in [0, 0.1) is 17.6 Å². The molecule has 4 N–H and O–H groups in total. The second-order valence-corrected chi connectivity index (χ2v) is 7.70. The first-order valence-corrected chi connectivity index (χ1v) is 10.8. The molecule has 2 aromatic carbocycles. The van der Waals surface area contributed by atoms with E-state index in [1.165, 1.54) is 11.6 Å². The fraction of sp³-hybridized carbons (Fsp3) is 0.280. The number of hydroxylamine groups is 1. The first-order chi connectivity index (χ1) is 16.7. The van der Waals surface area contributed by atoms with Gasteiger partial charge in [0.25, 0.3) is 5.91 Å². The Labute approximate surface area is 201 Å². The Kier molecular flexibility index (Phi) is 10.9. The molecule has 2 aromatic rings. The smallest absolute Gasteiger partial charge is 0.412 e. The zero-order valence-corrected chi connectivity index (χ0v) is 19.3. The van der Waals surface area contributed by atoms with Gasteiger partial charge in [0.1, 0.15) is 30.1 Å². The van der Waals surface area contributed by atoms with Gasteiger partial charge in [-0.25, -0.2) is 19.1 Å². The fourth-order valence-corrected chi connectivity index (χ4v) is 3.15. The second kappa shape index (κ2) is 13.8. The van der Waals surface area contributed by atoms with Crippen LogP contribution in [0.4, 0.5) is 19.3 Å². The molecular weight excluding hydrogens is 462 g/mol. The molecule has 0 aliphatic carbocycles. The second-order valence-electron chi connectivity index (χ2n) is 7.70. The highest BCUT2D eigenvalue weighted by atomic mass is 19.1. The van der Waals surface area contributed by atoms with Crippen molar-refractivity contribution in [3.8, 4) is 5.75 Å². The summed E-state index contributed by atoms with van der Waals surface area (Å²) in [6.45, 7) is 3.52. The average Bonchev–Trinajstić information content (AvgIpc) is 2.83. The van der Waals surface area contributed by atoms with Crippen LogP contribution in [0.5, 0.6) is 5.75 Å². The highest BCUT2D eigenvalue weighted by Gasteiger charge is 2.24. The van der Waals surface area contributed by atoms with Gasteiger partial charge in [0.15, 0.2) is 0 Å². The van der Waals surface area contributed by atoms with Crippen molar-refractivity contribution < 1.29 is 38.2 Å². The molecule has 0 fully saturated rings. The van der Waals surface area contributed by atoms with E-state index in [0.29, 0.717) is 29.4 Å². The Morgan fingerprint density at radius 1 is 1.14 bits per heavy atom. The van der Waals surface area contributed by atoms with Crippen LogP contribution in [0.25, 0.3) is 0 Å². The standard InChI is InChI=1S/C25H28F2N2O6/c1-16(14-23(31)29-33)4-3-5-17(2)24(18-6-9-20(10-7-18)34-13-12-30)35-25(32)28-22-11-8-19(26)15-21(22)27/h3-4,6-11,14-15,17,24,30,33H,5,12-13H2,1-2H3,(H,28,32)(H,29,31)/b4-3+,16-14+/t17-,24-/m0/s1. The van der Waals surface area contributed by atoms with Crippen LogP contribution < -0.4 is 15.5 Å². The van der Waals surface area contributed by atoms with Crippen LogP contribution in [-0.2, 0) is 9.53 Å². The normalized spacial score (nSPS) is 13.3. The molecular formula is C25H28F2N2O6. The summed E-state index contributed by atoms with van der Waals surface area (Å²) in [6.07, 6.45) is 3.45. The van der Waals surface area contributed by atoms with Crippen LogP contribution in [0.3, 0.4) is 0 Å². The lowest BCUT2D eigenvalue weighted by molar-refractivity contribution is -0.124. The van der Waals surface area contributed by atoms with Gasteiger partial charge in [-0.15, -0.1) is 0 Å². The van der Waals surface area contributed by atoms with E-state index in [1.807, 2.05) is 6.92 Å². The van der Waals surface area contributed by atoms with E-state index < -0.39 is 29.7 Å². The summed E-state index contributed by atoms with van der Waals surface area (Å²) in [4.78, 5) is 23.8. The molecule has 2 amide bonds. The van der Waals surface area contributed by atoms with Gasteiger partial charge >= 0.3 is 6.09 Å². The molecule has 0 aliphatic heterocycles. The largest absolute Gasteiger partial charge is 0.491 e. The van der Waals surface area contributed by atoms with Crippen LogP contribution in [-0.4, -0.2) is 35.5 Å². The maximum atomic E-state index is 13.9. The third-order valence-electron chi connectivity index (χ3n) is 4.84. The lowest BCUT2D eigenvalue weighted by Gasteiger charge is -2.24. The van der Waals surface area contributed by atoms with Crippen LogP contribution in [0.15, 0.2) is 66.3 Å². The summed E-state index contributed by atoms with van der Waals surface area (Å²) in [5.74, 6) is -2.10. The van der Waals surface area contributed by atoms with Crippen molar-refractivity contribution in [2.24, 2.45) is 5.92 Å². The molecule has 0 unspecified atom stereocenters. The van der Waals surface area contributed by atoms with Gasteiger partial charge in [0, 0.05) is 18.1 Å². The van der Waals surface area contributed by atoms with Crippen molar-refractivity contribution in [2.75, 3.05) is 18.5 Å². The molecule has 0 saturated heterocycles. The Hall–Kier alpha value is -3.76. The molecule has 0 radical (unpaired) electrons. The molecule has 0 spiro atoms. The predicted octanol–water partition coefficient (Wildman–Crippen LogP) is 4.66. The minimum absolute atomic E-state index is 0.132. The van der Waals surface area contributed by atoms with E-state index in [0.717, 1.165) is 12.1 Å². The molecule has 2 rings (SSSR count). The van der Waals surface area contributed by atoms with Crippen molar-refractivity contribution in [3.05, 3.63) is 83.5 Å². The van der Waals surface area contributed by atoms with Crippen LogP contribution in [0.2, 0.25) is 0 Å². The number of aliphatic hydroxyl groups excluding tert-OH is 1. The number of nitrogens with one attached hydrogen (secondary N) is 2. The van der Waals surface area contributed by atoms with Crippen LogP contribution >= 0.6 is 0 Å². The SMILES string of the molecule is CC(/C=C/C[C@H](C)[C@H](OC(=O)Nc1ccc(F)cc1F)c1ccc(OCCO)cc1)=C\C(=O)NO. The van der Waals surface area contributed by atoms with E-state index in [9.17, 15) is 18.4 Å². The first-order valence-electron chi connectivity index (χ1n) is 10.8. The molecule has 0 aromatic heterocycles. The Morgan fingerprint density at radius 2 is 1.86 bits per heavy atom. The minimum atomic E-state index is -0.936. The molecule has 2 atom stereocenters. The van der Waals surface area contributed by atoms with Gasteiger partial charge in [-0.2, -0.15) is 0 Å². The third-order valence-corrected chi connectivity index (χ3v) is 4.84. The summed E-state index contributed by atoms with van der Waals surface area (Å²) in [5, 5.41) is 19.8. The number of hydrogen-bond donors (Lipinski definition) is 4. The maximum absolute atomic E-state index is 13.9. The van der Waals surface area contributed by atoms with Gasteiger partial charge < -0.3 is 14.6 Å². The highest BCUT2D eigenvalue weighted by Crippen LogP contribution is 2.31. The summed E-state index contributed by atoms with van der Waals surface area (Å²) in [5.41, 5.74) is 2.53. The number of allylic oxidation sites excluding steroid dienone is 3. The van der Waals surface area contributed by atoms with Crippen LogP contribution in [0.1, 0.15) is 31.9 Å². The zero-order valence-electron chi connectivity index (χ0n) is 19.3. The fourth-order valence-electron chi connectivity index (χ4n) is 3.15. The minimum Gasteiger partial charge on any atom is -0.491 e. The summed E-state index contributed by atoms with van der Waals surface area (Å²) < 4.78 is 38.0. The third kappa shape index (κ3) is 9.19. The van der Waals surface area contributed by atoms with Crippen molar-refractivity contribution in [1.29, 1.82) is 0 Å². The van der Waals surface area contributed by atoms with E-state index >= 15 is 0 Å². The molecule has 0 bridgehead atoms. The average molecular weight is 491 g/mol. The number of rotatable bonds is 11. The first kappa shape index (κ1) is 27.5. The molecule has 8 nitrogen and oxygen atoms in total. The molecule has 35 heavy (non-hydrogen) atoms. The van der Waals surface area contributed by atoms with Gasteiger partial charge in [-0.1, -0.05) is 31.2 Å². The topological polar surface area (TPSA) is 117 Å². The van der Waals surface area contributed by atoms with Gasteiger partial charge in [0.05, 0.1) is 12.3 Å². The lowest BCUT2D eigenvalue weighted by atomic mass is 9.94. The maximum Gasteiger partial charge on any atom is 0.412 e. The summed E-state index contributed by atoms with van der Waals surface area (Å²) in [6, 6.07) is 9.52. The van der Waals surface area contributed by atoms with Gasteiger partial charge in [-0.3, -0.25) is 15.3 Å². The Morgan fingerprint density at radius 3 is 2.49 bits per heavy atom. The van der Waals surface area contributed by atoms with Crippen molar-refractivity contribution in [3.63, 3.8) is 0 Å². The van der Waals surface area contributed by atoms with Crippen molar-refractivity contribution >= 4 is 17.7 Å².